The summed E-state index contributed by atoms with van der Waals surface area (Å²) in [4.78, 5) is 37.2. The average molecular weight is 343 g/mol. The van der Waals surface area contributed by atoms with Gasteiger partial charge in [0.05, 0.1) is 24.8 Å². The number of hydrogen-bond acceptors (Lipinski definition) is 6. The molecule has 7 heteroatoms. The lowest BCUT2D eigenvalue weighted by Crippen LogP contribution is -2.38. The van der Waals surface area contributed by atoms with E-state index in [0.717, 1.165) is 5.56 Å². The Kier molecular flexibility index (Phi) is 4.56. The second-order valence-electron chi connectivity index (χ2n) is 5.56. The van der Waals surface area contributed by atoms with E-state index in [-0.39, 0.29) is 24.3 Å². The van der Waals surface area contributed by atoms with Crippen LogP contribution in [-0.2, 0) is 17.7 Å². The van der Waals surface area contributed by atoms with Crippen LogP contribution in [-0.4, -0.2) is 37.5 Å². The molecule has 2 aromatic rings. The Balaban J connectivity index is 2.07. The van der Waals surface area contributed by atoms with Gasteiger partial charge in [0, 0.05) is 11.9 Å². The number of carbonyl (C=O) groups is 2. The minimum atomic E-state index is -0.569. The molecule has 1 aromatic carbocycles. The molecule has 1 aromatic heterocycles. The van der Waals surface area contributed by atoms with Gasteiger partial charge in [-0.05, 0) is 24.1 Å². The van der Waals surface area contributed by atoms with Crippen LogP contribution in [0.2, 0.25) is 0 Å². The third kappa shape index (κ3) is 2.88. The van der Waals surface area contributed by atoms with Gasteiger partial charge in [0.25, 0.3) is 0 Å². The monoisotopic (exact) mass is 343 g/mol. The van der Waals surface area contributed by atoms with Crippen molar-refractivity contribution in [3.63, 3.8) is 0 Å². The minimum absolute atomic E-state index is 0.103. The van der Waals surface area contributed by atoms with E-state index >= 15 is 0 Å². The first-order chi connectivity index (χ1) is 12.1. The number of amides is 1. The maximum absolute atomic E-state index is 12.4. The van der Waals surface area contributed by atoms with Gasteiger partial charge in [-0.2, -0.15) is 0 Å². The Morgan fingerprint density at radius 2 is 2.20 bits per heavy atom. The van der Waals surface area contributed by atoms with E-state index < -0.39 is 11.7 Å². The van der Waals surface area contributed by atoms with Crippen LogP contribution in [0.4, 0.5) is 4.79 Å². The van der Waals surface area contributed by atoms with Crippen LogP contribution < -0.4 is 10.4 Å². The quantitative estimate of drug-likeness (QED) is 0.481. The van der Waals surface area contributed by atoms with E-state index in [9.17, 15) is 14.4 Å². The molecular formula is C18H17NO6. The van der Waals surface area contributed by atoms with E-state index in [4.69, 9.17) is 13.9 Å². The lowest BCUT2D eigenvalue weighted by atomic mass is 9.96. The summed E-state index contributed by atoms with van der Waals surface area (Å²) < 4.78 is 15.5. The minimum Gasteiger partial charge on any atom is -0.496 e. The number of nitrogens with zero attached hydrogens (tertiary/aromatic N) is 1. The van der Waals surface area contributed by atoms with Crippen LogP contribution >= 0.6 is 0 Å². The summed E-state index contributed by atoms with van der Waals surface area (Å²) in [6, 6.07) is 3.42. The molecule has 0 fully saturated rings. The van der Waals surface area contributed by atoms with Gasteiger partial charge < -0.3 is 18.8 Å². The lowest BCUT2D eigenvalue weighted by molar-refractivity contribution is 0.107. The van der Waals surface area contributed by atoms with Crippen LogP contribution in [0.5, 0.6) is 5.75 Å². The molecule has 7 nitrogen and oxygen atoms in total. The van der Waals surface area contributed by atoms with E-state index in [1.807, 2.05) is 0 Å². The summed E-state index contributed by atoms with van der Waals surface area (Å²) in [6.07, 6.45) is 2.04. The number of hydrogen-bond donors (Lipinski definition) is 0. The van der Waals surface area contributed by atoms with E-state index in [0.29, 0.717) is 36.0 Å². The summed E-state index contributed by atoms with van der Waals surface area (Å²) >= 11 is 0. The van der Waals surface area contributed by atoms with Gasteiger partial charge >= 0.3 is 11.7 Å². The van der Waals surface area contributed by atoms with Gasteiger partial charge in [0.15, 0.2) is 11.9 Å². The highest BCUT2D eigenvalue weighted by atomic mass is 16.6. The fourth-order valence-electron chi connectivity index (χ4n) is 3.00. The second kappa shape index (κ2) is 6.80. The summed E-state index contributed by atoms with van der Waals surface area (Å²) in [6.45, 7) is 4.11. The van der Waals surface area contributed by atoms with Gasteiger partial charge in [-0.1, -0.05) is 12.7 Å². The molecule has 0 bridgehead atoms. The average Bonchev–Trinajstić information content (AvgIpc) is 2.64. The summed E-state index contributed by atoms with van der Waals surface area (Å²) in [5.74, 6) is 0.344. The number of rotatable bonds is 4. The largest absolute Gasteiger partial charge is 0.496 e. The van der Waals surface area contributed by atoms with Crippen molar-refractivity contribution in [2.45, 2.75) is 13.0 Å². The molecule has 130 valence electrons. The van der Waals surface area contributed by atoms with Crippen molar-refractivity contribution in [3.05, 3.63) is 51.9 Å². The van der Waals surface area contributed by atoms with Crippen LogP contribution in [0.3, 0.4) is 0 Å². The maximum atomic E-state index is 12.4. The number of benzene rings is 1. The first-order valence-electron chi connectivity index (χ1n) is 7.74. The molecule has 0 spiro atoms. The molecule has 0 N–H and O–H groups in total. The van der Waals surface area contributed by atoms with Crippen molar-refractivity contribution in [1.82, 2.24) is 4.90 Å². The lowest BCUT2D eigenvalue weighted by Gasteiger charge is -2.27. The highest BCUT2D eigenvalue weighted by Crippen LogP contribution is 2.31. The predicted molar refractivity (Wildman–Crippen MR) is 90.1 cm³/mol. The molecule has 0 radical (unpaired) electrons. The number of carbonyl (C=O) groups excluding carboxylic acids is 2. The standard InChI is InChI=1S/C18H17NO6/c1-3-8-24-18(22)19-7-6-11-12-4-5-15(23-2)14(10-20)16(12)25-17(21)13(11)9-19/h3-5,10H,1,6-9H2,2H3. The van der Waals surface area contributed by atoms with Crippen molar-refractivity contribution in [2.24, 2.45) is 0 Å². The number of methoxy groups -OCH3 is 1. The van der Waals surface area contributed by atoms with E-state index in [1.54, 1.807) is 12.1 Å². The van der Waals surface area contributed by atoms with E-state index in [1.165, 1.54) is 18.1 Å². The molecule has 0 saturated carbocycles. The Bertz CT molecular complexity index is 914. The number of ether oxygens (including phenoxy) is 2. The molecule has 0 unspecified atom stereocenters. The Labute approximate surface area is 143 Å². The van der Waals surface area contributed by atoms with Gasteiger partial charge in [-0.25, -0.2) is 9.59 Å². The van der Waals surface area contributed by atoms with Crippen molar-refractivity contribution < 1.29 is 23.5 Å². The molecule has 0 saturated heterocycles. The predicted octanol–water partition coefficient (Wildman–Crippen LogP) is 2.29. The Morgan fingerprint density at radius 1 is 1.40 bits per heavy atom. The molecule has 1 aliphatic rings. The van der Waals surface area contributed by atoms with Crippen LogP contribution in [0.15, 0.2) is 34.0 Å². The maximum Gasteiger partial charge on any atom is 0.410 e. The first-order valence-corrected chi connectivity index (χ1v) is 7.74. The first kappa shape index (κ1) is 16.8. The van der Waals surface area contributed by atoms with Gasteiger partial charge in [0.1, 0.15) is 12.4 Å². The normalized spacial score (nSPS) is 13.2. The SMILES string of the molecule is C=CCOC(=O)N1CCc2c(c(=O)oc3c(C=O)c(OC)ccc23)C1. The molecular weight excluding hydrogens is 326 g/mol. The van der Waals surface area contributed by atoms with E-state index in [2.05, 4.69) is 6.58 Å². The molecule has 0 aliphatic carbocycles. The fraction of sp³-hybridized carbons (Fsp3) is 0.278. The Morgan fingerprint density at radius 3 is 2.88 bits per heavy atom. The zero-order valence-corrected chi connectivity index (χ0v) is 13.7. The molecule has 0 atom stereocenters. The van der Waals surface area contributed by atoms with Crippen LogP contribution in [0.1, 0.15) is 21.5 Å². The molecule has 2 heterocycles. The van der Waals surface area contributed by atoms with Crippen molar-refractivity contribution >= 4 is 23.3 Å². The molecule has 3 rings (SSSR count). The molecule has 1 aliphatic heterocycles. The summed E-state index contributed by atoms with van der Waals surface area (Å²) in [5.41, 5.74) is 1.02. The Hall–Kier alpha value is -3.09. The third-order valence-corrected chi connectivity index (χ3v) is 4.19. The summed E-state index contributed by atoms with van der Waals surface area (Å²) in [7, 11) is 1.44. The van der Waals surface area contributed by atoms with Crippen molar-refractivity contribution in [3.8, 4) is 5.75 Å². The molecule has 1 amide bonds. The van der Waals surface area contributed by atoms with Gasteiger partial charge in [0.2, 0.25) is 0 Å². The van der Waals surface area contributed by atoms with Gasteiger partial charge in [-0.3, -0.25) is 4.79 Å². The highest BCUT2D eigenvalue weighted by molar-refractivity contribution is 5.99. The van der Waals surface area contributed by atoms with Gasteiger partial charge in [-0.15, -0.1) is 0 Å². The van der Waals surface area contributed by atoms with Crippen molar-refractivity contribution in [1.29, 1.82) is 0 Å². The number of aldehydes is 1. The topological polar surface area (TPSA) is 86.0 Å². The van der Waals surface area contributed by atoms with Crippen molar-refractivity contribution in [2.75, 3.05) is 20.3 Å². The number of fused-ring (bicyclic) bond motifs is 3. The highest BCUT2D eigenvalue weighted by Gasteiger charge is 2.27. The zero-order valence-electron chi connectivity index (χ0n) is 13.7. The van der Waals surface area contributed by atoms with Crippen LogP contribution in [0.25, 0.3) is 11.0 Å². The molecule has 25 heavy (non-hydrogen) atoms. The zero-order chi connectivity index (χ0) is 18.0. The second-order valence-corrected chi connectivity index (χ2v) is 5.56. The fourth-order valence-corrected chi connectivity index (χ4v) is 3.00. The summed E-state index contributed by atoms with van der Waals surface area (Å²) in [5, 5.41) is 0.677. The third-order valence-electron chi connectivity index (χ3n) is 4.19. The van der Waals surface area contributed by atoms with Crippen LogP contribution in [0, 0.1) is 0 Å². The smallest absolute Gasteiger partial charge is 0.410 e.